The van der Waals surface area contributed by atoms with Gasteiger partial charge in [0.15, 0.2) is 0 Å². The van der Waals surface area contributed by atoms with Crippen molar-refractivity contribution in [2.45, 2.75) is 32.6 Å². The highest BCUT2D eigenvalue weighted by Crippen LogP contribution is 2.33. The summed E-state index contributed by atoms with van der Waals surface area (Å²) in [5.74, 6) is 1.79. The average Bonchev–Trinajstić information content (AvgIpc) is 2.81. The van der Waals surface area contributed by atoms with Crippen LogP contribution < -0.4 is 9.47 Å². The highest BCUT2D eigenvalue weighted by atomic mass is 16.5. The first-order valence-electron chi connectivity index (χ1n) is 10.8. The first-order valence-corrected chi connectivity index (χ1v) is 10.8. The number of aryl methyl sites for hydroxylation is 1. The van der Waals surface area contributed by atoms with E-state index in [0.29, 0.717) is 0 Å². The molecule has 2 heterocycles. The minimum atomic E-state index is 0.209. The Bertz CT molecular complexity index is 915. The molecule has 0 spiro atoms. The third-order valence-electron chi connectivity index (χ3n) is 6.01. The molecule has 5 nitrogen and oxygen atoms in total. The van der Waals surface area contributed by atoms with Gasteiger partial charge < -0.3 is 9.47 Å². The van der Waals surface area contributed by atoms with E-state index in [0.717, 1.165) is 44.1 Å². The van der Waals surface area contributed by atoms with E-state index >= 15 is 0 Å². The summed E-state index contributed by atoms with van der Waals surface area (Å²) in [6, 6.07) is 19.0. The van der Waals surface area contributed by atoms with Gasteiger partial charge in [-0.3, -0.25) is 14.8 Å². The maximum Gasteiger partial charge on any atom is 0.118 e. The molecule has 4 rings (SSSR count). The molecule has 1 fully saturated rings. The monoisotopic (exact) mass is 417 g/mol. The van der Waals surface area contributed by atoms with Gasteiger partial charge in [-0.25, -0.2) is 0 Å². The molecule has 162 valence electrons. The summed E-state index contributed by atoms with van der Waals surface area (Å²) >= 11 is 0. The molecule has 0 bridgehead atoms. The predicted molar refractivity (Wildman–Crippen MR) is 123 cm³/mol. The molecule has 0 saturated carbocycles. The molecule has 2 aromatic carbocycles. The molecule has 1 aliphatic heterocycles. The Hall–Kier alpha value is -2.89. The van der Waals surface area contributed by atoms with Crippen molar-refractivity contribution in [1.29, 1.82) is 0 Å². The zero-order valence-electron chi connectivity index (χ0n) is 18.6. The van der Waals surface area contributed by atoms with Gasteiger partial charge in [-0.2, -0.15) is 0 Å². The SMILES string of the molecule is COc1ccc(CN2CCCN(Cc3ccc(OC)cc3)C2c2ccncc2C)cc1. The first kappa shape index (κ1) is 21.3. The third-order valence-corrected chi connectivity index (χ3v) is 6.01. The number of nitrogens with zero attached hydrogens (tertiary/aromatic N) is 3. The number of ether oxygens (including phenoxy) is 2. The molecule has 31 heavy (non-hydrogen) atoms. The van der Waals surface area contributed by atoms with Crippen molar-refractivity contribution in [3.8, 4) is 11.5 Å². The predicted octanol–water partition coefficient (Wildman–Crippen LogP) is 4.81. The number of methoxy groups -OCH3 is 2. The van der Waals surface area contributed by atoms with Crippen LogP contribution in [0, 0.1) is 6.92 Å². The molecule has 1 aliphatic rings. The molecule has 0 aliphatic carbocycles. The molecular weight excluding hydrogens is 386 g/mol. The number of benzene rings is 2. The van der Waals surface area contributed by atoms with Gasteiger partial charge in [-0.15, -0.1) is 0 Å². The summed E-state index contributed by atoms with van der Waals surface area (Å²) in [6.07, 6.45) is 5.24. The van der Waals surface area contributed by atoms with Crippen LogP contribution in [0.2, 0.25) is 0 Å². The van der Waals surface area contributed by atoms with Crippen molar-refractivity contribution in [3.05, 3.63) is 89.2 Å². The highest BCUT2D eigenvalue weighted by molar-refractivity contribution is 5.30. The number of rotatable bonds is 7. The van der Waals surface area contributed by atoms with Gasteiger partial charge in [0, 0.05) is 38.6 Å². The molecule has 5 heteroatoms. The van der Waals surface area contributed by atoms with Crippen molar-refractivity contribution in [1.82, 2.24) is 14.8 Å². The van der Waals surface area contributed by atoms with Gasteiger partial charge in [0.25, 0.3) is 0 Å². The normalized spacial score (nSPS) is 15.7. The van der Waals surface area contributed by atoms with E-state index in [4.69, 9.17) is 9.47 Å². The van der Waals surface area contributed by atoms with Crippen LogP contribution in [0.25, 0.3) is 0 Å². The van der Waals surface area contributed by atoms with E-state index in [1.165, 1.54) is 22.3 Å². The van der Waals surface area contributed by atoms with Crippen molar-refractivity contribution >= 4 is 0 Å². The Kier molecular flexibility index (Phi) is 6.85. The van der Waals surface area contributed by atoms with Gasteiger partial charge in [0.1, 0.15) is 11.5 Å². The molecule has 0 radical (unpaired) electrons. The highest BCUT2D eigenvalue weighted by Gasteiger charge is 2.31. The average molecular weight is 418 g/mol. The Balaban J connectivity index is 1.62. The maximum atomic E-state index is 5.33. The summed E-state index contributed by atoms with van der Waals surface area (Å²) in [4.78, 5) is 9.49. The van der Waals surface area contributed by atoms with Crippen molar-refractivity contribution in [2.75, 3.05) is 27.3 Å². The van der Waals surface area contributed by atoms with Gasteiger partial charge in [0.05, 0.1) is 20.4 Å². The largest absolute Gasteiger partial charge is 0.497 e. The fourth-order valence-corrected chi connectivity index (χ4v) is 4.38. The van der Waals surface area contributed by atoms with Crippen LogP contribution in [0.3, 0.4) is 0 Å². The van der Waals surface area contributed by atoms with Gasteiger partial charge in [-0.05, 0) is 65.9 Å². The van der Waals surface area contributed by atoms with E-state index in [-0.39, 0.29) is 6.17 Å². The minimum absolute atomic E-state index is 0.209. The first-order chi connectivity index (χ1) is 15.2. The minimum Gasteiger partial charge on any atom is -0.497 e. The van der Waals surface area contributed by atoms with E-state index in [9.17, 15) is 0 Å². The molecule has 0 amide bonds. The van der Waals surface area contributed by atoms with Crippen LogP contribution in [0.5, 0.6) is 11.5 Å². The standard InChI is InChI=1S/C26H31N3O2/c1-20-17-27-14-13-25(20)26-28(18-21-5-9-23(30-2)10-6-21)15-4-16-29(26)19-22-7-11-24(31-3)12-8-22/h5-14,17,26H,4,15-16,18-19H2,1-3H3. The number of hydrogen-bond donors (Lipinski definition) is 0. The lowest BCUT2D eigenvalue weighted by molar-refractivity contribution is -0.00951. The van der Waals surface area contributed by atoms with Crippen LogP contribution >= 0.6 is 0 Å². The number of pyridine rings is 1. The summed E-state index contributed by atoms with van der Waals surface area (Å²) in [5.41, 5.74) is 5.15. The van der Waals surface area contributed by atoms with Gasteiger partial charge >= 0.3 is 0 Å². The van der Waals surface area contributed by atoms with Crippen LogP contribution in [0.15, 0.2) is 67.0 Å². The second-order valence-electron chi connectivity index (χ2n) is 8.10. The van der Waals surface area contributed by atoms with E-state index in [1.807, 2.05) is 36.7 Å². The summed E-state index contributed by atoms with van der Waals surface area (Å²) in [5, 5.41) is 0. The van der Waals surface area contributed by atoms with E-state index in [1.54, 1.807) is 14.2 Å². The van der Waals surface area contributed by atoms with Crippen molar-refractivity contribution < 1.29 is 9.47 Å². The molecule has 0 N–H and O–H groups in total. The molecule has 3 aromatic rings. The second-order valence-corrected chi connectivity index (χ2v) is 8.10. The molecule has 0 unspecified atom stereocenters. The Labute approximate surface area is 185 Å². The molecular formula is C26H31N3O2. The van der Waals surface area contributed by atoms with Gasteiger partial charge in [0.2, 0.25) is 0 Å². The molecule has 0 atom stereocenters. The topological polar surface area (TPSA) is 37.8 Å². The lowest BCUT2D eigenvalue weighted by atomic mass is 10.0. The summed E-state index contributed by atoms with van der Waals surface area (Å²) in [6.45, 7) is 6.09. The quantitative estimate of drug-likeness (QED) is 0.551. The van der Waals surface area contributed by atoms with E-state index < -0.39 is 0 Å². The van der Waals surface area contributed by atoms with E-state index in [2.05, 4.69) is 52.0 Å². The van der Waals surface area contributed by atoms with Gasteiger partial charge in [-0.1, -0.05) is 24.3 Å². The third kappa shape index (κ3) is 5.06. The summed E-state index contributed by atoms with van der Waals surface area (Å²) in [7, 11) is 3.41. The summed E-state index contributed by atoms with van der Waals surface area (Å²) < 4.78 is 10.7. The number of hydrogen-bond acceptors (Lipinski definition) is 5. The fraction of sp³-hybridized carbons (Fsp3) is 0.346. The van der Waals surface area contributed by atoms with Crippen molar-refractivity contribution in [2.24, 2.45) is 0 Å². The molecule has 1 aromatic heterocycles. The second kappa shape index (κ2) is 9.94. The fourth-order valence-electron chi connectivity index (χ4n) is 4.38. The smallest absolute Gasteiger partial charge is 0.118 e. The Morgan fingerprint density at radius 3 is 1.77 bits per heavy atom. The lowest BCUT2D eigenvalue weighted by Gasteiger charge is -2.45. The zero-order valence-corrected chi connectivity index (χ0v) is 18.6. The Morgan fingerprint density at radius 1 is 0.806 bits per heavy atom. The lowest BCUT2D eigenvalue weighted by Crippen LogP contribution is -2.47. The van der Waals surface area contributed by atoms with Crippen LogP contribution in [0.1, 0.15) is 34.8 Å². The van der Waals surface area contributed by atoms with Crippen LogP contribution in [-0.4, -0.2) is 42.1 Å². The van der Waals surface area contributed by atoms with Crippen molar-refractivity contribution in [3.63, 3.8) is 0 Å². The maximum absolute atomic E-state index is 5.33. The Morgan fingerprint density at radius 2 is 1.32 bits per heavy atom. The van der Waals surface area contributed by atoms with Crippen LogP contribution in [0.4, 0.5) is 0 Å². The van der Waals surface area contributed by atoms with Crippen LogP contribution in [-0.2, 0) is 13.1 Å². The zero-order chi connectivity index (χ0) is 21.6. The number of aromatic nitrogens is 1. The molecule has 1 saturated heterocycles.